The molecule has 10 nitrogen and oxygen atoms in total. The van der Waals surface area contributed by atoms with E-state index in [2.05, 4.69) is 15.7 Å². The number of nitrogens with one attached hydrogen (secondary N) is 2. The summed E-state index contributed by atoms with van der Waals surface area (Å²) in [5, 5.41) is 9.71. The minimum Gasteiger partial charge on any atom is -0.466 e. The van der Waals surface area contributed by atoms with E-state index in [9.17, 15) is 23.6 Å². The van der Waals surface area contributed by atoms with Crippen molar-refractivity contribution in [2.75, 3.05) is 13.2 Å². The molecule has 0 aliphatic carbocycles. The van der Waals surface area contributed by atoms with Crippen molar-refractivity contribution in [1.29, 1.82) is 0 Å². The van der Waals surface area contributed by atoms with Crippen molar-refractivity contribution < 1.29 is 33.0 Å². The molecule has 0 aliphatic heterocycles. The Labute approximate surface area is 222 Å². The maximum atomic E-state index is 13.4. The summed E-state index contributed by atoms with van der Waals surface area (Å²) in [6.07, 6.45) is 1.31. The smallest absolute Gasteiger partial charge is 0.328 e. The van der Waals surface area contributed by atoms with Crippen LogP contribution in [0.5, 0.6) is 0 Å². The van der Waals surface area contributed by atoms with Crippen LogP contribution in [-0.4, -0.2) is 58.8 Å². The lowest BCUT2D eigenvalue weighted by Crippen LogP contribution is -2.54. The number of nitrogens with zero attached hydrogens (tertiary/aromatic N) is 2. The molecule has 2 aromatic rings. The molecule has 2 atom stereocenters. The fourth-order valence-corrected chi connectivity index (χ4v) is 3.88. The molecule has 0 unspecified atom stereocenters. The van der Waals surface area contributed by atoms with Gasteiger partial charge in [-0.1, -0.05) is 27.7 Å². The molecule has 0 radical (unpaired) electrons. The summed E-state index contributed by atoms with van der Waals surface area (Å²) in [5.41, 5.74) is 1.45. The van der Waals surface area contributed by atoms with E-state index >= 15 is 0 Å². The van der Waals surface area contributed by atoms with E-state index in [1.165, 1.54) is 18.3 Å². The third-order valence-corrected chi connectivity index (χ3v) is 5.73. The molecule has 11 heteroatoms. The number of hydrogen-bond donors (Lipinski definition) is 2. The van der Waals surface area contributed by atoms with Crippen LogP contribution in [0, 0.1) is 11.7 Å². The van der Waals surface area contributed by atoms with Crippen LogP contribution in [0.15, 0.2) is 30.5 Å². The van der Waals surface area contributed by atoms with Crippen LogP contribution >= 0.6 is 0 Å². The van der Waals surface area contributed by atoms with Gasteiger partial charge in [0.05, 0.1) is 36.4 Å². The molecule has 2 rings (SSSR count). The summed E-state index contributed by atoms with van der Waals surface area (Å²) < 4.78 is 24.9. The van der Waals surface area contributed by atoms with E-state index in [-0.39, 0.29) is 49.3 Å². The number of halogens is 1. The number of amides is 2. The second kappa shape index (κ2) is 14.3. The minimum atomic E-state index is -1.09. The number of benzene rings is 1. The molecule has 0 saturated heterocycles. The molecule has 38 heavy (non-hydrogen) atoms. The van der Waals surface area contributed by atoms with Crippen molar-refractivity contribution >= 4 is 23.8 Å². The van der Waals surface area contributed by atoms with Crippen LogP contribution in [-0.2, 0) is 23.9 Å². The molecular weight excluding hydrogens is 495 g/mol. The predicted molar refractivity (Wildman–Crippen MR) is 138 cm³/mol. The van der Waals surface area contributed by atoms with Crippen LogP contribution in [0.1, 0.15) is 76.4 Å². The zero-order chi connectivity index (χ0) is 28.4. The van der Waals surface area contributed by atoms with Crippen LogP contribution in [0.3, 0.4) is 0 Å². The van der Waals surface area contributed by atoms with E-state index in [0.717, 1.165) is 0 Å². The molecule has 1 aromatic heterocycles. The van der Waals surface area contributed by atoms with Crippen LogP contribution < -0.4 is 10.6 Å². The Morgan fingerprint density at radius 1 is 0.974 bits per heavy atom. The van der Waals surface area contributed by atoms with Crippen LogP contribution in [0.25, 0.3) is 5.69 Å². The standard InChI is InChI=1S/C27H37FN4O6/c1-7-37-22(33)14-13-21(27(36)38-8-2)30-26(35)23(16(3)4)31-25(34)20-15-29-32(24(20)17(5)6)19-11-9-18(28)10-12-19/h9-12,15-17,21,23H,7-8,13-14H2,1-6H3,(H,30,35)(H,31,34)/t21-,23+/m1/s1. The molecule has 2 N–H and O–H groups in total. The van der Waals surface area contributed by atoms with Gasteiger partial charge in [0.25, 0.3) is 5.91 Å². The summed E-state index contributed by atoms with van der Waals surface area (Å²) >= 11 is 0. The van der Waals surface area contributed by atoms with Crippen molar-refractivity contribution in [2.24, 2.45) is 5.92 Å². The Hall–Kier alpha value is -3.76. The first-order valence-electron chi connectivity index (χ1n) is 12.8. The van der Waals surface area contributed by atoms with Crippen molar-refractivity contribution in [2.45, 2.75) is 72.4 Å². The van der Waals surface area contributed by atoms with Gasteiger partial charge in [0.2, 0.25) is 5.91 Å². The Morgan fingerprint density at radius 3 is 2.16 bits per heavy atom. The Bertz CT molecular complexity index is 1110. The average Bonchev–Trinajstić information content (AvgIpc) is 3.31. The maximum Gasteiger partial charge on any atom is 0.328 e. The maximum absolute atomic E-state index is 13.4. The van der Waals surface area contributed by atoms with Crippen molar-refractivity contribution in [3.8, 4) is 5.69 Å². The molecular formula is C27H37FN4O6. The predicted octanol–water partition coefficient (Wildman–Crippen LogP) is 3.28. The molecule has 0 fully saturated rings. The molecule has 208 valence electrons. The number of carbonyl (C=O) groups excluding carboxylic acids is 4. The van der Waals surface area contributed by atoms with E-state index in [1.54, 1.807) is 44.5 Å². The third kappa shape index (κ3) is 8.12. The summed E-state index contributed by atoms with van der Waals surface area (Å²) in [7, 11) is 0. The molecule has 0 bridgehead atoms. The molecule has 1 aromatic carbocycles. The minimum absolute atomic E-state index is 0.00982. The second-order valence-corrected chi connectivity index (χ2v) is 9.34. The van der Waals surface area contributed by atoms with E-state index in [1.807, 2.05) is 13.8 Å². The SMILES string of the molecule is CCOC(=O)CC[C@@H](NC(=O)[C@@H](NC(=O)c1cnn(-c2ccc(F)cc2)c1C(C)C)C(C)C)C(=O)OCC. The first-order chi connectivity index (χ1) is 18.0. The molecule has 0 spiro atoms. The highest BCUT2D eigenvalue weighted by atomic mass is 19.1. The quantitative estimate of drug-likeness (QED) is 0.379. The summed E-state index contributed by atoms with van der Waals surface area (Å²) in [4.78, 5) is 50.8. The number of carbonyl (C=O) groups is 4. The lowest BCUT2D eigenvalue weighted by molar-refractivity contribution is -0.149. The number of hydrogen-bond acceptors (Lipinski definition) is 7. The van der Waals surface area contributed by atoms with Gasteiger partial charge in [0, 0.05) is 6.42 Å². The number of aromatic nitrogens is 2. The zero-order valence-corrected chi connectivity index (χ0v) is 22.7. The topological polar surface area (TPSA) is 129 Å². The van der Waals surface area contributed by atoms with Crippen LogP contribution in [0.4, 0.5) is 4.39 Å². The van der Waals surface area contributed by atoms with E-state index in [0.29, 0.717) is 11.4 Å². The fraction of sp³-hybridized carbons (Fsp3) is 0.519. The Morgan fingerprint density at radius 2 is 1.61 bits per heavy atom. The molecule has 2 amide bonds. The van der Waals surface area contributed by atoms with Gasteiger partial charge in [-0.3, -0.25) is 14.4 Å². The lowest BCUT2D eigenvalue weighted by Gasteiger charge is -2.25. The lowest BCUT2D eigenvalue weighted by atomic mass is 10.0. The first-order valence-corrected chi connectivity index (χ1v) is 12.8. The van der Waals surface area contributed by atoms with E-state index in [4.69, 9.17) is 9.47 Å². The highest BCUT2D eigenvalue weighted by Gasteiger charge is 2.31. The molecule has 0 aliphatic rings. The highest BCUT2D eigenvalue weighted by molar-refractivity contribution is 5.99. The Kier molecular flexibility index (Phi) is 11.4. The number of rotatable bonds is 13. The zero-order valence-electron chi connectivity index (χ0n) is 22.7. The van der Waals surface area contributed by atoms with Crippen molar-refractivity contribution in [1.82, 2.24) is 20.4 Å². The van der Waals surface area contributed by atoms with Gasteiger partial charge >= 0.3 is 11.9 Å². The molecule has 1 heterocycles. The summed E-state index contributed by atoms with van der Waals surface area (Å²) in [6, 6.07) is 3.66. The molecule has 0 saturated carbocycles. The first kappa shape index (κ1) is 30.5. The van der Waals surface area contributed by atoms with Gasteiger partial charge in [-0.05, 0) is 56.4 Å². The van der Waals surface area contributed by atoms with Crippen LogP contribution in [0.2, 0.25) is 0 Å². The van der Waals surface area contributed by atoms with Gasteiger partial charge in [0.1, 0.15) is 17.9 Å². The van der Waals surface area contributed by atoms with Gasteiger partial charge in [-0.15, -0.1) is 0 Å². The van der Waals surface area contributed by atoms with Gasteiger partial charge in [-0.25, -0.2) is 13.9 Å². The number of esters is 2. The average molecular weight is 533 g/mol. The van der Waals surface area contributed by atoms with E-state index < -0.39 is 35.8 Å². The normalized spacial score (nSPS) is 12.7. The third-order valence-electron chi connectivity index (χ3n) is 5.73. The fourth-order valence-electron chi connectivity index (χ4n) is 3.88. The Balaban J connectivity index is 2.25. The highest BCUT2D eigenvalue weighted by Crippen LogP contribution is 2.23. The van der Waals surface area contributed by atoms with Crippen molar-refractivity contribution in [3.63, 3.8) is 0 Å². The largest absolute Gasteiger partial charge is 0.466 e. The van der Waals surface area contributed by atoms with Gasteiger partial charge < -0.3 is 20.1 Å². The summed E-state index contributed by atoms with van der Waals surface area (Å²) in [6.45, 7) is 10.9. The summed E-state index contributed by atoms with van der Waals surface area (Å²) in [5.74, 6) is -3.13. The monoisotopic (exact) mass is 532 g/mol. The second-order valence-electron chi connectivity index (χ2n) is 9.34. The number of ether oxygens (including phenoxy) is 2. The van der Waals surface area contributed by atoms with Gasteiger partial charge in [0.15, 0.2) is 0 Å². The van der Waals surface area contributed by atoms with Crippen molar-refractivity contribution in [3.05, 3.63) is 47.5 Å². The van der Waals surface area contributed by atoms with Gasteiger partial charge in [-0.2, -0.15) is 5.10 Å².